The molecule has 2 rings (SSSR count). The lowest BCUT2D eigenvalue weighted by molar-refractivity contribution is 0.301. The molecular formula is C13H12N2OS. The van der Waals surface area contributed by atoms with Crippen molar-refractivity contribution in [2.24, 2.45) is 5.73 Å². The van der Waals surface area contributed by atoms with Crippen LogP contribution < -0.4 is 10.5 Å². The van der Waals surface area contributed by atoms with Crippen LogP contribution in [0.1, 0.15) is 11.3 Å². The minimum absolute atomic E-state index is 0.335. The lowest BCUT2D eigenvalue weighted by atomic mass is 10.2. The third-order valence-electron chi connectivity index (χ3n) is 2.25. The molecule has 2 aromatic rings. The third-order valence-corrected chi connectivity index (χ3v) is 2.47. The minimum Gasteiger partial charge on any atom is -0.487 e. The third kappa shape index (κ3) is 3.01. The topological polar surface area (TPSA) is 48.1 Å². The van der Waals surface area contributed by atoms with Gasteiger partial charge < -0.3 is 10.5 Å². The average Bonchev–Trinajstić information content (AvgIpc) is 2.38. The van der Waals surface area contributed by atoms with E-state index in [4.69, 9.17) is 22.7 Å². The minimum atomic E-state index is 0.335. The Hall–Kier alpha value is -1.94. The number of pyridine rings is 1. The Balaban J connectivity index is 2.12. The second kappa shape index (κ2) is 5.41. The summed E-state index contributed by atoms with van der Waals surface area (Å²) in [5, 5.41) is 0. The molecule has 17 heavy (non-hydrogen) atoms. The zero-order chi connectivity index (χ0) is 12.1. The molecule has 0 aliphatic heterocycles. The van der Waals surface area contributed by atoms with Gasteiger partial charge in [-0.1, -0.05) is 30.4 Å². The fourth-order valence-electron chi connectivity index (χ4n) is 1.43. The molecule has 1 heterocycles. The molecule has 86 valence electrons. The van der Waals surface area contributed by atoms with Crippen molar-refractivity contribution >= 4 is 17.2 Å². The van der Waals surface area contributed by atoms with Gasteiger partial charge in [-0.3, -0.25) is 4.98 Å². The standard InChI is InChI=1S/C13H12N2OS/c14-13(17)11-6-1-2-7-12(11)16-9-10-5-3-4-8-15-10/h1-8H,9H2,(H2,14,17). The Morgan fingerprint density at radius 3 is 2.65 bits per heavy atom. The van der Waals surface area contributed by atoms with Crippen molar-refractivity contribution in [3.8, 4) is 5.75 Å². The molecule has 2 N–H and O–H groups in total. The van der Waals surface area contributed by atoms with Crippen LogP contribution >= 0.6 is 12.2 Å². The quantitative estimate of drug-likeness (QED) is 0.838. The molecule has 1 aromatic carbocycles. The molecule has 0 radical (unpaired) electrons. The van der Waals surface area contributed by atoms with Crippen LogP contribution in [0.2, 0.25) is 0 Å². The fourth-order valence-corrected chi connectivity index (χ4v) is 1.60. The molecule has 0 saturated carbocycles. The lowest BCUT2D eigenvalue weighted by Crippen LogP contribution is -2.11. The summed E-state index contributed by atoms with van der Waals surface area (Å²) in [4.78, 5) is 4.51. The van der Waals surface area contributed by atoms with E-state index in [0.29, 0.717) is 17.3 Å². The highest BCUT2D eigenvalue weighted by Crippen LogP contribution is 2.18. The number of hydrogen-bond donors (Lipinski definition) is 1. The second-order valence-electron chi connectivity index (χ2n) is 3.47. The molecule has 0 fully saturated rings. The van der Waals surface area contributed by atoms with Gasteiger partial charge in [0.05, 0.1) is 11.3 Å². The largest absolute Gasteiger partial charge is 0.487 e. The molecular weight excluding hydrogens is 232 g/mol. The number of nitrogens with two attached hydrogens (primary N) is 1. The van der Waals surface area contributed by atoms with Crippen molar-refractivity contribution in [2.75, 3.05) is 0 Å². The van der Waals surface area contributed by atoms with Gasteiger partial charge in [0.2, 0.25) is 0 Å². The first kappa shape index (κ1) is 11.5. The van der Waals surface area contributed by atoms with Gasteiger partial charge in [-0.05, 0) is 24.3 Å². The first-order valence-corrected chi connectivity index (χ1v) is 5.60. The highest BCUT2D eigenvalue weighted by molar-refractivity contribution is 7.80. The maximum atomic E-state index is 5.65. The van der Waals surface area contributed by atoms with E-state index in [1.807, 2.05) is 42.5 Å². The molecule has 0 spiro atoms. The first-order chi connectivity index (χ1) is 8.27. The summed E-state index contributed by atoms with van der Waals surface area (Å²) in [5.74, 6) is 0.686. The number of hydrogen-bond acceptors (Lipinski definition) is 3. The Labute approximate surface area is 105 Å². The predicted molar refractivity (Wildman–Crippen MR) is 70.9 cm³/mol. The normalized spacial score (nSPS) is 9.88. The maximum Gasteiger partial charge on any atom is 0.130 e. The molecule has 0 atom stereocenters. The van der Waals surface area contributed by atoms with E-state index in [2.05, 4.69) is 4.98 Å². The fraction of sp³-hybridized carbons (Fsp3) is 0.0769. The van der Waals surface area contributed by atoms with Gasteiger partial charge in [-0.2, -0.15) is 0 Å². The Kier molecular flexibility index (Phi) is 3.67. The van der Waals surface area contributed by atoms with Crippen molar-refractivity contribution in [2.45, 2.75) is 6.61 Å². The van der Waals surface area contributed by atoms with Gasteiger partial charge in [-0.25, -0.2) is 0 Å². The van der Waals surface area contributed by atoms with Crippen LogP contribution in [-0.2, 0) is 6.61 Å². The van der Waals surface area contributed by atoms with Gasteiger partial charge in [-0.15, -0.1) is 0 Å². The van der Waals surface area contributed by atoms with Gasteiger partial charge in [0.1, 0.15) is 17.3 Å². The SMILES string of the molecule is NC(=S)c1ccccc1OCc1ccccn1. The van der Waals surface area contributed by atoms with Crippen molar-refractivity contribution < 1.29 is 4.74 Å². The molecule has 0 saturated heterocycles. The molecule has 0 aliphatic rings. The zero-order valence-electron chi connectivity index (χ0n) is 9.17. The molecule has 0 amide bonds. The van der Waals surface area contributed by atoms with E-state index in [1.165, 1.54) is 0 Å². The van der Waals surface area contributed by atoms with E-state index >= 15 is 0 Å². The summed E-state index contributed by atoms with van der Waals surface area (Å²) in [6.45, 7) is 0.403. The molecule has 0 bridgehead atoms. The van der Waals surface area contributed by atoms with Crippen LogP contribution in [0.5, 0.6) is 5.75 Å². The van der Waals surface area contributed by atoms with Crippen LogP contribution in [0.25, 0.3) is 0 Å². The Bertz CT molecular complexity index is 514. The predicted octanol–water partition coefficient (Wildman–Crippen LogP) is 2.29. The lowest BCUT2D eigenvalue weighted by Gasteiger charge is -2.09. The molecule has 4 heteroatoms. The van der Waals surface area contributed by atoms with Gasteiger partial charge in [0.25, 0.3) is 0 Å². The number of benzene rings is 1. The summed E-state index contributed by atoms with van der Waals surface area (Å²) in [7, 11) is 0. The van der Waals surface area contributed by atoms with E-state index in [0.717, 1.165) is 11.3 Å². The van der Waals surface area contributed by atoms with Crippen LogP contribution in [0.3, 0.4) is 0 Å². The average molecular weight is 244 g/mol. The first-order valence-electron chi connectivity index (χ1n) is 5.19. The Morgan fingerprint density at radius 2 is 1.94 bits per heavy atom. The summed E-state index contributed by atoms with van der Waals surface area (Å²) in [6.07, 6.45) is 1.73. The summed E-state index contributed by atoms with van der Waals surface area (Å²) < 4.78 is 5.65. The summed E-state index contributed by atoms with van der Waals surface area (Å²) in [6, 6.07) is 13.1. The molecule has 1 aromatic heterocycles. The molecule has 0 unspecified atom stereocenters. The van der Waals surface area contributed by atoms with E-state index in [1.54, 1.807) is 6.20 Å². The Morgan fingerprint density at radius 1 is 1.18 bits per heavy atom. The summed E-state index contributed by atoms with van der Waals surface area (Å²) >= 11 is 4.96. The highest BCUT2D eigenvalue weighted by atomic mass is 32.1. The zero-order valence-corrected chi connectivity index (χ0v) is 9.98. The number of nitrogens with zero attached hydrogens (tertiary/aromatic N) is 1. The highest BCUT2D eigenvalue weighted by Gasteiger charge is 2.05. The second-order valence-corrected chi connectivity index (χ2v) is 3.91. The molecule has 0 aliphatic carbocycles. The van der Waals surface area contributed by atoms with Crippen molar-refractivity contribution in [3.05, 3.63) is 59.9 Å². The van der Waals surface area contributed by atoms with Crippen LogP contribution in [0.15, 0.2) is 48.7 Å². The van der Waals surface area contributed by atoms with E-state index in [9.17, 15) is 0 Å². The van der Waals surface area contributed by atoms with Crippen LogP contribution in [0.4, 0.5) is 0 Å². The van der Waals surface area contributed by atoms with Gasteiger partial charge >= 0.3 is 0 Å². The number of ether oxygens (including phenoxy) is 1. The van der Waals surface area contributed by atoms with Crippen LogP contribution in [-0.4, -0.2) is 9.97 Å². The van der Waals surface area contributed by atoms with Gasteiger partial charge in [0, 0.05) is 6.20 Å². The molecule has 3 nitrogen and oxygen atoms in total. The smallest absolute Gasteiger partial charge is 0.130 e. The van der Waals surface area contributed by atoms with E-state index < -0.39 is 0 Å². The van der Waals surface area contributed by atoms with Crippen molar-refractivity contribution in [1.82, 2.24) is 4.98 Å². The maximum absolute atomic E-state index is 5.65. The number of aromatic nitrogens is 1. The number of thiocarbonyl (C=S) groups is 1. The van der Waals surface area contributed by atoms with Crippen LogP contribution in [0, 0.1) is 0 Å². The van der Waals surface area contributed by atoms with Crippen molar-refractivity contribution in [1.29, 1.82) is 0 Å². The number of para-hydroxylation sites is 1. The van der Waals surface area contributed by atoms with Gasteiger partial charge in [0.15, 0.2) is 0 Å². The summed E-state index contributed by atoms with van der Waals surface area (Å²) in [5.41, 5.74) is 7.23. The van der Waals surface area contributed by atoms with E-state index in [-0.39, 0.29) is 0 Å². The number of rotatable bonds is 4. The monoisotopic (exact) mass is 244 g/mol. The van der Waals surface area contributed by atoms with Crippen molar-refractivity contribution in [3.63, 3.8) is 0 Å².